The molecule has 1 aromatic carbocycles. The Morgan fingerprint density at radius 1 is 1.40 bits per heavy atom. The van der Waals surface area contributed by atoms with Gasteiger partial charge in [-0.15, -0.1) is 12.4 Å². The smallest absolute Gasteiger partial charge is 0.354 e. The molecule has 0 amide bonds. The molecule has 1 aromatic heterocycles. The minimum atomic E-state index is -0.375. The third kappa shape index (κ3) is 2.05. The second-order valence-corrected chi connectivity index (χ2v) is 3.02. The monoisotopic (exact) mass is 226 g/mol. The number of methoxy groups -OCH3 is 1. The lowest BCUT2D eigenvalue weighted by Gasteiger charge is -1.92. The van der Waals surface area contributed by atoms with E-state index < -0.39 is 0 Å². The fraction of sp³-hybridized carbons (Fsp3) is 0.100. The Hall–Kier alpha value is -1.68. The average molecular weight is 227 g/mol. The number of anilines is 1. The minimum Gasteiger partial charge on any atom is -0.464 e. The van der Waals surface area contributed by atoms with Crippen LogP contribution in [0.25, 0.3) is 10.9 Å². The lowest BCUT2D eigenvalue weighted by Crippen LogP contribution is -2.00. The third-order valence-electron chi connectivity index (χ3n) is 2.05. The number of hydrogen-bond donors (Lipinski definition) is 2. The van der Waals surface area contributed by atoms with Gasteiger partial charge in [-0.25, -0.2) is 4.79 Å². The highest BCUT2D eigenvalue weighted by molar-refractivity contribution is 5.95. The van der Waals surface area contributed by atoms with Gasteiger partial charge in [0, 0.05) is 16.6 Å². The molecule has 2 aromatic rings. The van der Waals surface area contributed by atoms with E-state index in [0.717, 1.165) is 10.9 Å². The van der Waals surface area contributed by atoms with Gasteiger partial charge in [-0.2, -0.15) is 0 Å². The highest BCUT2D eigenvalue weighted by Gasteiger charge is 2.08. The molecule has 0 atom stereocenters. The van der Waals surface area contributed by atoms with Crippen LogP contribution in [-0.2, 0) is 4.74 Å². The summed E-state index contributed by atoms with van der Waals surface area (Å²) in [6, 6.07) is 7.16. The molecule has 5 heteroatoms. The molecule has 0 spiro atoms. The number of nitrogen functional groups attached to an aromatic ring is 1. The Morgan fingerprint density at radius 2 is 2.13 bits per heavy atom. The van der Waals surface area contributed by atoms with Crippen LogP contribution < -0.4 is 5.73 Å². The molecule has 2 rings (SSSR count). The number of esters is 1. The fourth-order valence-corrected chi connectivity index (χ4v) is 1.36. The molecular weight excluding hydrogens is 216 g/mol. The molecule has 0 aliphatic heterocycles. The van der Waals surface area contributed by atoms with Gasteiger partial charge in [-0.1, -0.05) is 6.07 Å². The van der Waals surface area contributed by atoms with Crippen molar-refractivity contribution in [2.24, 2.45) is 0 Å². The zero-order valence-electron chi connectivity index (χ0n) is 8.11. The van der Waals surface area contributed by atoms with Crippen LogP contribution >= 0.6 is 12.4 Å². The fourth-order valence-electron chi connectivity index (χ4n) is 1.36. The predicted molar refractivity (Wildman–Crippen MR) is 61.3 cm³/mol. The van der Waals surface area contributed by atoms with Gasteiger partial charge in [-0.3, -0.25) is 0 Å². The Bertz CT molecular complexity index is 493. The van der Waals surface area contributed by atoms with E-state index in [0.29, 0.717) is 11.4 Å². The van der Waals surface area contributed by atoms with Crippen LogP contribution in [0.1, 0.15) is 10.5 Å². The second kappa shape index (κ2) is 4.23. The molecule has 0 bridgehead atoms. The van der Waals surface area contributed by atoms with E-state index >= 15 is 0 Å². The highest BCUT2D eigenvalue weighted by Crippen LogP contribution is 2.18. The number of fused-ring (bicyclic) bond motifs is 1. The van der Waals surface area contributed by atoms with Crippen molar-refractivity contribution >= 4 is 35.0 Å². The van der Waals surface area contributed by atoms with Gasteiger partial charge in [0.15, 0.2) is 0 Å². The van der Waals surface area contributed by atoms with Crippen molar-refractivity contribution in [3.8, 4) is 0 Å². The number of nitrogens with one attached hydrogen (secondary N) is 1. The van der Waals surface area contributed by atoms with Crippen LogP contribution in [0.4, 0.5) is 5.69 Å². The molecule has 0 saturated carbocycles. The van der Waals surface area contributed by atoms with Crippen molar-refractivity contribution in [2.75, 3.05) is 12.8 Å². The summed E-state index contributed by atoms with van der Waals surface area (Å²) in [5.41, 5.74) is 7.54. The summed E-state index contributed by atoms with van der Waals surface area (Å²) in [7, 11) is 1.35. The molecule has 0 aliphatic carbocycles. The van der Waals surface area contributed by atoms with Crippen molar-refractivity contribution in [3.05, 3.63) is 30.0 Å². The van der Waals surface area contributed by atoms with Crippen molar-refractivity contribution in [2.45, 2.75) is 0 Å². The summed E-state index contributed by atoms with van der Waals surface area (Å²) in [6.07, 6.45) is 0. The van der Waals surface area contributed by atoms with Crippen LogP contribution in [0.15, 0.2) is 24.3 Å². The Kier molecular flexibility index (Phi) is 3.21. The number of ether oxygens (including phenoxy) is 1. The van der Waals surface area contributed by atoms with Crippen LogP contribution in [0.2, 0.25) is 0 Å². The minimum absolute atomic E-state index is 0. The number of nitrogens with two attached hydrogens (primary N) is 1. The number of H-pyrrole nitrogens is 1. The highest BCUT2D eigenvalue weighted by atomic mass is 35.5. The molecule has 0 saturated heterocycles. The van der Waals surface area contributed by atoms with Gasteiger partial charge < -0.3 is 15.5 Å². The van der Waals surface area contributed by atoms with E-state index in [1.54, 1.807) is 18.2 Å². The normalized spacial score (nSPS) is 9.67. The lowest BCUT2D eigenvalue weighted by molar-refractivity contribution is 0.0595. The first-order chi connectivity index (χ1) is 6.70. The zero-order chi connectivity index (χ0) is 10.1. The van der Waals surface area contributed by atoms with Crippen molar-refractivity contribution in [3.63, 3.8) is 0 Å². The second-order valence-electron chi connectivity index (χ2n) is 3.02. The Labute approximate surface area is 92.8 Å². The predicted octanol–water partition coefficient (Wildman–Crippen LogP) is 1.96. The van der Waals surface area contributed by atoms with E-state index in [2.05, 4.69) is 9.72 Å². The summed E-state index contributed by atoms with van der Waals surface area (Å²) in [4.78, 5) is 14.1. The van der Waals surface area contributed by atoms with E-state index in [1.165, 1.54) is 7.11 Å². The van der Waals surface area contributed by atoms with E-state index in [4.69, 9.17) is 5.73 Å². The molecule has 15 heavy (non-hydrogen) atoms. The van der Waals surface area contributed by atoms with Crippen molar-refractivity contribution < 1.29 is 9.53 Å². The number of aromatic nitrogens is 1. The maximum Gasteiger partial charge on any atom is 0.354 e. The SMILES string of the molecule is COC(=O)c1cc2ccc(N)cc2[nH]1.Cl. The van der Waals surface area contributed by atoms with Crippen molar-refractivity contribution in [1.82, 2.24) is 4.98 Å². The van der Waals surface area contributed by atoms with E-state index in [9.17, 15) is 4.79 Å². The maximum absolute atomic E-state index is 11.2. The first kappa shape index (κ1) is 11.4. The van der Waals surface area contributed by atoms with Gasteiger partial charge >= 0.3 is 5.97 Å². The maximum atomic E-state index is 11.2. The first-order valence-corrected chi connectivity index (χ1v) is 4.17. The summed E-state index contributed by atoms with van der Waals surface area (Å²) >= 11 is 0. The Morgan fingerprint density at radius 3 is 2.80 bits per heavy atom. The molecule has 0 fully saturated rings. The van der Waals surface area contributed by atoms with Crippen LogP contribution in [-0.4, -0.2) is 18.1 Å². The van der Waals surface area contributed by atoms with Crippen LogP contribution in [0.3, 0.4) is 0 Å². The number of aromatic amines is 1. The zero-order valence-corrected chi connectivity index (χ0v) is 8.93. The molecule has 0 unspecified atom stereocenters. The van der Waals surface area contributed by atoms with Crippen molar-refractivity contribution in [1.29, 1.82) is 0 Å². The average Bonchev–Trinajstić information content (AvgIpc) is 2.59. The number of rotatable bonds is 1. The standard InChI is InChI=1S/C10H10N2O2.ClH/c1-14-10(13)9-4-6-2-3-7(11)5-8(6)12-9;/h2-5,12H,11H2,1H3;1H. The van der Waals surface area contributed by atoms with E-state index in [-0.39, 0.29) is 18.4 Å². The van der Waals surface area contributed by atoms with Gasteiger partial charge in [0.05, 0.1) is 7.11 Å². The molecule has 3 N–H and O–H groups in total. The summed E-state index contributed by atoms with van der Waals surface area (Å²) in [6.45, 7) is 0. The topological polar surface area (TPSA) is 68.1 Å². The third-order valence-corrected chi connectivity index (χ3v) is 2.05. The molecule has 0 aliphatic rings. The number of benzene rings is 1. The number of hydrogen-bond acceptors (Lipinski definition) is 3. The number of carbonyl (C=O) groups excluding carboxylic acids is 1. The van der Waals surface area contributed by atoms with Gasteiger partial charge in [0.2, 0.25) is 0 Å². The van der Waals surface area contributed by atoms with Gasteiger partial charge in [-0.05, 0) is 18.2 Å². The first-order valence-electron chi connectivity index (χ1n) is 4.17. The molecule has 1 heterocycles. The number of halogens is 1. The molecule has 4 nitrogen and oxygen atoms in total. The summed E-state index contributed by atoms with van der Waals surface area (Å²) in [5, 5.41) is 0.944. The largest absolute Gasteiger partial charge is 0.464 e. The van der Waals surface area contributed by atoms with Crippen LogP contribution in [0, 0.1) is 0 Å². The Balaban J connectivity index is 0.00000112. The lowest BCUT2D eigenvalue weighted by atomic mass is 10.2. The van der Waals surface area contributed by atoms with E-state index in [1.807, 2.05) is 6.07 Å². The van der Waals surface area contributed by atoms with Gasteiger partial charge in [0.1, 0.15) is 5.69 Å². The number of carbonyl (C=O) groups is 1. The summed E-state index contributed by atoms with van der Waals surface area (Å²) in [5.74, 6) is -0.375. The van der Waals surface area contributed by atoms with Crippen LogP contribution in [0.5, 0.6) is 0 Å². The van der Waals surface area contributed by atoms with Gasteiger partial charge in [0.25, 0.3) is 0 Å². The summed E-state index contributed by atoms with van der Waals surface area (Å²) < 4.78 is 4.59. The molecule has 80 valence electrons. The molecular formula is C10H11ClN2O2. The molecule has 0 radical (unpaired) electrons. The quantitative estimate of drug-likeness (QED) is 0.577.